The first-order valence-corrected chi connectivity index (χ1v) is 7.29. The fourth-order valence-electron chi connectivity index (χ4n) is 1.96. The Labute approximate surface area is 118 Å². The van der Waals surface area contributed by atoms with Crippen molar-refractivity contribution < 1.29 is 0 Å². The van der Waals surface area contributed by atoms with Gasteiger partial charge in [0.2, 0.25) is 0 Å². The molecule has 0 saturated carbocycles. The van der Waals surface area contributed by atoms with Crippen LogP contribution in [0.1, 0.15) is 30.6 Å². The molecule has 2 aromatic rings. The molecule has 1 N–H and O–H groups in total. The molecule has 0 saturated heterocycles. The Hall–Kier alpha value is -1.39. The summed E-state index contributed by atoms with van der Waals surface area (Å²) in [4.78, 5) is 9.83. The lowest BCUT2D eigenvalue weighted by atomic mass is 10.1. The number of aryl methyl sites for hydroxylation is 1. The third kappa shape index (κ3) is 3.78. The molecule has 2 rings (SSSR count). The normalized spacial score (nSPS) is 12.4. The van der Waals surface area contributed by atoms with Gasteiger partial charge in [-0.05, 0) is 55.9 Å². The quantitative estimate of drug-likeness (QED) is 0.845. The SMILES string of the molecule is CCC(NC)c1ccc(Sc2nccc(C)n2)cc1. The molecule has 0 aliphatic rings. The van der Waals surface area contributed by atoms with Crippen molar-refractivity contribution >= 4 is 11.8 Å². The van der Waals surface area contributed by atoms with Gasteiger partial charge in [0, 0.05) is 22.8 Å². The number of hydrogen-bond acceptors (Lipinski definition) is 4. The largest absolute Gasteiger partial charge is 0.313 e. The third-order valence-electron chi connectivity index (χ3n) is 3.02. The highest BCUT2D eigenvalue weighted by molar-refractivity contribution is 7.99. The van der Waals surface area contributed by atoms with E-state index in [-0.39, 0.29) is 0 Å². The van der Waals surface area contributed by atoms with Crippen molar-refractivity contribution in [3.8, 4) is 0 Å². The molecule has 1 heterocycles. The van der Waals surface area contributed by atoms with Gasteiger partial charge >= 0.3 is 0 Å². The third-order valence-corrected chi connectivity index (χ3v) is 3.91. The predicted octanol–water partition coefficient (Wildman–Crippen LogP) is 3.61. The molecule has 0 fully saturated rings. The fraction of sp³-hybridized carbons (Fsp3) is 0.333. The zero-order valence-corrected chi connectivity index (χ0v) is 12.4. The summed E-state index contributed by atoms with van der Waals surface area (Å²) in [5.41, 5.74) is 2.31. The van der Waals surface area contributed by atoms with Crippen LogP contribution in [0.15, 0.2) is 46.6 Å². The van der Waals surface area contributed by atoms with E-state index in [1.807, 2.05) is 20.0 Å². The lowest BCUT2D eigenvalue weighted by Gasteiger charge is -2.14. The van der Waals surface area contributed by atoms with Gasteiger partial charge < -0.3 is 5.32 Å². The van der Waals surface area contributed by atoms with Crippen LogP contribution in [0.3, 0.4) is 0 Å². The number of rotatable bonds is 5. The summed E-state index contributed by atoms with van der Waals surface area (Å²) in [6.07, 6.45) is 2.89. The second-order valence-corrected chi connectivity index (χ2v) is 5.44. The summed E-state index contributed by atoms with van der Waals surface area (Å²) in [6, 6.07) is 10.9. The minimum Gasteiger partial charge on any atom is -0.313 e. The van der Waals surface area contributed by atoms with Gasteiger partial charge in [-0.2, -0.15) is 0 Å². The highest BCUT2D eigenvalue weighted by Gasteiger charge is 2.06. The molecule has 19 heavy (non-hydrogen) atoms. The number of benzene rings is 1. The standard InChI is InChI=1S/C15H19N3S/c1-4-14(16-3)12-5-7-13(8-6-12)19-15-17-10-9-11(2)18-15/h5-10,14,16H,4H2,1-3H3. The predicted molar refractivity (Wildman–Crippen MR) is 79.4 cm³/mol. The molecule has 1 aromatic heterocycles. The monoisotopic (exact) mass is 273 g/mol. The van der Waals surface area contributed by atoms with Gasteiger partial charge in [0.05, 0.1) is 0 Å². The van der Waals surface area contributed by atoms with E-state index in [0.29, 0.717) is 6.04 Å². The Morgan fingerprint density at radius 2 is 1.95 bits per heavy atom. The lowest BCUT2D eigenvalue weighted by Crippen LogP contribution is -2.14. The van der Waals surface area contributed by atoms with Crippen molar-refractivity contribution in [2.24, 2.45) is 0 Å². The van der Waals surface area contributed by atoms with Crippen LogP contribution in [-0.2, 0) is 0 Å². The Morgan fingerprint density at radius 1 is 1.21 bits per heavy atom. The maximum atomic E-state index is 4.40. The highest BCUT2D eigenvalue weighted by atomic mass is 32.2. The average molecular weight is 273 g/mol. The molecule has 0 aliphatic carbocycles. The average Bonchev–Trinajstić information content (AvgIpc) is 2.42. The van der Waals surface area contributed by atoms with Crippen LogP contribution in [0, 0.1) is 6.92 Å². The van der Waals surface area contributed by atoms with E-state index in [9.17, 15) is 0 Å². The maximum absolute atomic E-state index is 4.40. The summed E-state index contributed by atoms with van der Waals surface area (Å²) in [7, 11) is 2.00. The van der Waals surface area contributed by atoms with Crippen LogP contribution in [0.5, 0.6) is 0 Å². The molecule has 3 nitrogen and oxygen atoms in total. The van der Waals surface area contributed by atoms with E-state index in [1.54, 1.807) is 18.0 Å². The first-order chi connectivity index (χ1) is 9.22. The van der Waals surface area contributed by atoms with Crippen molar-refractivity contribution in [3.63, 3.8) is 0 Å². The zero-order valence-electron chi connectivity index (χ0n) is 11.6. The van der Waals surface area contributed by atoms with E-state index in [4.69, 9.17) is 0 Å². The minimum absolute atomic E-state index is 0.425. The Kier molecular flexibility index (Phi) is 4.93. The van der Waals surface area contributed by atoms with E-state index < -0.39 is 0 Å². The molecule has 0 aliphatic heterocycles. The van der Waals surface area contributed by atoms with Crippen molar-refractivity contribution in [1.82, 2.24) is 15.3 Å². The van der Waals surface area contributed by atoms with Crippen LogP contribution >= 0.6 is 11.8 Å². The van der Waals surface area contributed by atoms with E-state index in [1.165, 1.54) is 10.5 Å². The van der Waals surface area contributed by atoms with Crippen LogP contribution in [0.2, 0.25) is 0 Å². The summed E-state index contributed by atoms with van der Waals surface area (Å²) < 4.78 is 0. The van der Waals surface area contributed by atoms with Crippen LogP contribution in [0.25, 0.3) is 0 Å². The Balaban J connectivity index is 2.10. The number of nitrogens with one attached hydrogen (secondary N) is 1. The summed E-state index contributed by atoms with van der Waals surface area (Å²) >= 11 is 1.59. The van der Waals surface area contributed by atoms with Crippen LogP contribution in [-0.4, -0.2) is 17.0 Å². The van der Waals surface area contributed by atoms with Gasteiger partial charge in [0.15, 0.2) is 5.16 Å². The van der Waals surface area contributed by atoms with Gasteiger partial charge in [0.25, 0.3) is 0 Å². The van der Waals surface area contributed by atoms with E-state index >= 15 is 0 Å². The van der Waals surface area contributed by atoms with Gasteiger partial charge in [-0.15, -0.1) is 0 Å². The first kappa shape index (κ1) is 14.0. The van der Waals surface area contributed by atoms with E-state index in [2.05, 4.69) is 46.5 Å². The zero-order chi connectivity index (χ0) is 13.7. The van der Waals surface area contributed by atoms with Gasteiger partial charge in [-0.3, -0.25) is 0 Å². The molecule has 1 atom stereocenters. The van der Waals surface area contributed by atoms with Crippen LogP contribution in [0.4, 0.5) is 0 Å². The number of aromatic nitrogens is 2. The molecule has 0 amide bonds. The lowest BCUT2D eigenvalue weighted by molar-refractivity contribution is 0.576. The summed E-state index contributed by atoms with van der Waals surface area (Å²) in [5, 5.41) is 4.11. The van der Waals surface area contributed by atoms with Crippen molar-refractivity contribution in [3.05, 3.63) is 47.8 Å². The Bertz CT molecular complexity index is 521. The molecular weight excluding hydrogens is 254 g/mol. The number of nitrogens with zero attached hydrogens (tertiary/aromatic N) is 2. The van der Waals surface area contributed by atoms with Crippen molar-refractivity contribution in [1.29, 1.82) is 0 Å². The summed E-state index contributed by atoms with van der Waals surface area (Å²) in [6.45, 7) is 4.16. The molecule has 0 spiro atoms. The van der Waals surface area contributed by atoms with Gasteiger partial charge in [-0.25, -0.2) is 9.97 Å². The first-order valence-electron chi connectivity index (χ1n) is 6.47. The molecule has 0 radical (unpaired) electrons. The van der Waals surface area contributed by atoms with Gasteiger partial charge in [-0.1, -0.05) is 19.1 Å². The number of hydrogen-bond donors (Lipinski definition) is 1. The minimum atomic E-state index is 0.425. The molecule has 1 aromatic carbocycles. The van der Waals surface area contributed by atoms with Gasteiger partial charge in [0.1, 0.15) is 0 Å². The maximum Gasteiger partial charge on any atom is 0.192 e. The second-order valence-electron chi connectivity index (χ2n) is 4.40. The molecule has 0 bridgehead atoms. The smallest absolute Gasteiger partial charge is 0.192 e. The molecule has 100 valence electrons. The second kappa shape index (κ2) is 6.68. The summed E-state index contributed by atoms with van der Waals surface area (Å²) in [5.74, 6) is 0. The van der Waals surface area contributed by atoms with Crippen LogP contribution < -0.4 is 5.32 Å². The molecule has 1 unspecified atom stereocenters. The van der Waals surface area contributed by atoms with Crippen molar-refractivity contribution in [2.75, 3.05) is 7.05 Å². The highest BCUT2D eigenvalue weighted by Crippen LogP contribution is 2.26. The molecule has 4 heteroatoms. The molecular formula is C15H19N3S. The Morgan fingerprint density at radius 3 is 2.53 bits per heavy atom. The topological polar surface area (TPSA) is 37.8 Å². The van der Waals surface area contributed by atoms with Crippen molar-refractivity contribution in [2.45, 2.75) is 36.4 Å². The van der Waals surface area contributed by atoms with E-state index in [0.717, 1.165) is 17.3 Å². The fourth-order valence-corrected chi connectivity index (χ4v) is 2.74.